The van der Waals surface area contributed by atoms with Crippen molar-refractivity contribution in [3.63, 3.8) is 0 Å². The highest BCUT2D eigenvalue weighted by Crippen LogP contribution is 2.51. The minimum Gasteiger partial charge on any atom is -0.310 e. The van der Waals surface area contributed by atoms with E-state index in [9.17, 15) is 0 Å². The number of anilines is 3. The summed E-state index contributed by atoms with van der Waals surface area (Å²) in [5.41, 5.74) is 16.3. The number of rotatable bonds is 7. The molecule has 8 aromatic carbocycles. The lowest BCUT2D eigenvalue weighted by atomic mass is 9.82. The van der Waals surface area contributed by atoms with E-state index >= 15 is 0 Å². The van der Waals surface area contributed by atoms with E-state index in [4.69, 9.17) is 0 Å². The lowest BCUT2D eigenvalue weighted by molar-refractivity contribution is 0.660. The molecule has 0 saturated carbocycles. The molecule has 9 aromatic rings. The van der Waals surface area contributed by atoms with Gasteiger partial charge in [-0.25, -0.2) is 0 Å². The summed E-state index contributed by atoms with van der Waals surface area (Å²) in [6, 6.07) is 65.1. The van der Waals surface area contributed by atoms with E-state index in [1.165, 1.54) is 77.2 Å². The molecule has 0 aliphatic heterocycles. The van der Waals surface area contributed by atoms with Crippen molar-refractivity contribution < 1.29 is 0 Å². The van der Waals surface area contributed by atoms with Gasteiger partial charge in [-0.2, -0.15) is 0 Å². The number of benzene rings is 8. The summed E-state index contributed by atoms with van der Waals surface area (Å²) in [5.74, 6) is 0. The summed E-state index contributed by atoms with van der Waals surface area (Å²) >= 11 is 0. The van der Waals surface area contributed by atoms with Crippen LogP contribution in [0.25, 0.3) is 60.5 Å². The largest absolute Gasteiger partial charge is 0.310 e. The van der Waals surface area contributed by atoms with Crippen LogP contribution in [0.1, 0.15) is 43.9 Å². The van der Waals surface area contributed by atoms with E-state index < -0.39 is 0 Å². The van der Waals surface area contributed by atoms with Gasteiger partial charge in [0.2, 0.25) is 0 Å². The lowest BCUT2D eigenvalue weighted by Crippen LogP contribution is -2.16. The second-order valence-corrected chi connectivity index (χ2v) is 15.2. The Bertz CT molecular complexity index is 2850. The normalized spacial score (nSPS) is 13.0. The standard InChI is InChI=1S/C52H42N2/c1-4-14-38-19-12-22-46-45-32-30-41(34-50(45)54(51(38)46)49-24-13-18-37-17-8-9-20-42(37)49)53(39-27-25-36(26-28-39)35-15-6-5-7-16-35)40-29-31-44-43-21-10-11-23-47(43)52(2,3)48(44)33-40/h5-13,15-34H,4,14H2,1-3H3. The summed E-state index contributed by atoms with van der Waals surface area (Å²) in [7, 11) is 0. The van der Waals surface area contributed by atoms with Crippen molar-refractivity contribution in [1.82, 2.24) is 4.57 Å². The first-order chi connectivity index (χ1) is 26.5. The molecule has 2 nitrogen and oxygen atoms in total. The monoisotopic (exact) mass is 694 g/mol. The first-order valence-electron chi connectivity index (χ1n) is 19.3. The Balaban J connectivity index is 1.23. The Morgan fingerprint density at radius 2 is 1.15 bits per heavy atom. The molecule has 54 heavy (non-hydrogen) atoms. The molecule has 260 valence electrons. The maximum absolute atomic E-state index is 2.54. The maximum Gasteiger partial charge on any atom is 0.0573 e. The van der Waals surface area contributed by atoms with Crippen molar-refractivity contribution in [1.29, 1.82) is 0 Å². The quantitative estimate of drug-likeness (QED) is 0.161. The lowest BCUT2D eigenvalue weighted by Gasteiger charge is -2.28. The van der Waals surface area contributed by atoms with Crippen LogP contribution in [0, 0.1) is 0 Å². The molecule has 0 amide bonds. The van der Waals surface area contributed by atoms with E-state index in [2.05, 4.69) is 206 Å². The van der Waals surface area contributed by atoms with Crippen molar-refractivity contribution in [3.05, 3.63) is 193 Å². The van der Waals surface area contributed by atoms with Gasteiger partial charge in [-0.15, -0.1) is 0 Å². The van der Waals surface area contributed by atoms with Crippen LogP contribution in [0.4, 0.5) is 17.1 Å². The zero-order valence-electron chi connectivity index (χ0n) is 31.1. The van der Waals surface area contributed by atoms with Crippen molar-refractivity contribution in [2.45, 2.75) is 39.0 Å². The summed E-state index contributed by atoms with van der Waals surface area (Å²) in [4.78, 5) is 2.45. The zero-order valence-corrected chi connectivity index (χ0v) is 31.1. The number of hydrogen-bond donors (Lipinski definition) is 0. The summed E-state index contributed by atoms with van der Waals surface area (Å²) < 4.78 is 2.54. The topological polar surface area (TPSA) is 8.17 Å². The van der Waals surface area contributed by atoms with Crippen LogP contribution >= 0.6 is 0 Å². The summed E-state index contributed by atoms with van der Waals surface area (Å²) in [5, 5.41) is 5.07. The third-order valence-electron chi connectivity index (χ3n) is 11.7. The van der Waals surface area contributed by atoms with Crippen LogP contribution in [0.3, 0.4) is 0 Å². The smallest absolute Gasteiger partial charge is 0.0573 e. The predicted molar refractivity (Wildman–Crippen MR) is 230 cm³/mol. The summed E-state index contributed by atoms with van der Waals surface area (Å²) in [6.07, 6.45) is 2.12. The molecule has 0 unspecified atom stereocenters. The second kappa shape index (κ2) is 12.6. The minimum absolute atomic E-state index is 0.106. The fraction of sp³-hybridized carbons (Fsp3) is 0.115. The molecule has 1 heterocycles. The molecule has 0 spiro atoms. The molecule has 0 fully saturated rings. The van der Waals surface area contributed by atoms with E-state index in [0.717, 1.165) is 29.9 Å². The van der Waals surface area contributed by atoms with Crippen LogP contribution in [0.2, 0.25) is 0 Å². The van der Waals surface area contributed by atoms with E-state index in [-0.39, 0.29) is 5.41 Å². The number of aromatic nitrogens is 1. The molecule has 0 N–H and O–H groups in total. The van der Waals surface area contributed by atoms with Crippen LogP contribution in [-0.4, -0.2) is 4.57 Å². The minimum atomic E-state index is -0.106. The molecule has 0 radical (unpaired) electrons. The SMILES string of the molecule is CCCc1cccc2c3ccc(N(c4ccc(-c5ccccc5)cc4)c4ccc5c(c4)C(C)(C)c4ccccc4-5)cc3n(-c3cccc4ccccc34)c12. The van der Waals surface area contributed by atoms with Gasteiger partial charge in [0.05, 0.1) is 16.7 Å². The molecular formula is C52H42N2. The van der Waals surface area contributed by atoms with Crippen molar-refractivity contribution in [2.24, 2.45) is 0 Å². The van der Waals surface area contributed by atoms with Gasteiger partial charge in [-0.3, -0.25) is 0 Å². The first-order valence-corrected chi connectivity index (χ1v) is 19.3. The molecule has 1 aliphatic carbocycles. The van der Waals surface area contributed by atoms with Crippen LogP contribution < -0.4 is 4.90 Å². The van der Waals surface area contributed by atoms with Crippen molar-refractivity contribution in [2.75, 3.05) is 4.90 Å². The van der Waals surface area contributed by atoms with E-state index in [0.29, 0.717) is 0 Å². The maximum atomic E-state index is 2.54. The Morgan fingerprint density at radius 3 is 2.00 bits per heavy atom. The molecule has 2 heteroatoms. The van der Waals surface area contributed by atoms with Gasteiger partial charge >= 0.3 is 0 Å². The molecule has 10 rings (SSSR count). The Morgan fingerprint density at radius 1 is 0.500 bits per heavy atom. The van der Waals surface area contributed by atoms with Crippen LogP contribution in [0.15, 0.2) is 176 Å². The van der Waals surface area contributed by atoms with Gasteiger partial charge in [0.15, 0.2) is 0 Å². The highest BCUT2D eigenvalue weighted by Gasteiger charge is 2.35. The second-order valence-electron chi connectivity index (χ2n) is 15.2. The number of fused-ring (bicyclic) bond motifs is 7. The van der Waals surface area contributed by atoms with E-state index in [1.54, 1.807) is 0 Å². The Labute approximate surface area is 317 Å². The Kier molecular flexibility index (Phi) is 7.56. The predicted octanol–water partition coefficient (Wildman–Crippen LogP) is 14.3. The fourth-order valence-electron chi connectivity index (χ4n) is 9.10. The van der Waals surface area contributed by atoms with Crippen molar-refractivity contribution in [3.8, 4) is 27.9 Å². The van der Waals surface area contributed by atoms with Crippen LogP contribution in [-0.2, 0) is 11.8 Å². The molecule has 0 saturated heterocycles. The third-order valence-corrected chi connectivity index (χ3v) is 11.7. The highest BCUT2D eigenvalue weighted by atomic mass is 15.1. The molecule has 1 aromatic heterocycles. The molecule has 1 aliphatic rings. The number of para-hydroxylation sites is 1. The fourth-order valence-corrected chi connectivity index (χ4v) is 9.10. The van der Waals surface area contributed by atoms with Gasteiger partial charge in [-0.05, 0) is 93.2 Å². The summed E-state index contributed by atoms with van der Waals surface area (Å²) in [6.45, 7) is 7.01. The van der Waals surface area contributed by atoms with Gasteiger partial charge in [0, 0.05) is 38.6 Å². The number of aryl methyl sites for hydroxylation is 1. The molecule has 0 bridgehead atoms. The van der Waals surface area contributed by atoms with Crippen molar-refractivity contribution >= 4 is 49.6 Å². The van der Waals surface area contributed by atoms with Gasteiger partial charge in [0.1, 0.15) is 0 Å². The number of hydrogen-bond acceptors (Lipinski definition) is 1. The average molecular weight is 695 g/mol. The first kappa shape index (κ1) is 32.3. The third kappa shape index (κ3) is 5.01. The van der Waals surface area contributed by atoms with Gasteiger partial charge < -0.3 is 9.47 Å². The Hall–Kier alpha value is -6.38. The van der Waals surface area contributed by atoms with Crippen LogP contribution in [0.5, 0.6) is 0 Å². The molecular weight excluding hydrogens is 653 g/mol. The average Bonchev–Trinajstić information content (AvgIpc) is 3.67. The molecule has 0 atom stereocenters. The van der Waals surface area contributed by atoms with E-state index in [1.807, 2.05) is 0 Å². The van der Waals surface area contributed by atoms with Gasteiger partial charge in [-0.1, -0.05) is 161 Å². The highest BCUT2D eigenvalue weighted by molar-refractivity contribution is 6.12. The number of nitrogens with zero attached hydrogens (tertiary/aromatic N) is 2. The van der Waals surface area contributed by atoms with Gasteiger partial charge in [0.25, 0.3) is 0 Å². The zero-order chi connectivity index (χ0) is 36.4.